The maximum atomic E-state index is 13.7. The number of phenols is 2. The van der Waals surface area contributed by atoms with Gasteiger partial charge < -0.3 is 38.3 Å². The molecular formula is C28H24O10. The molecule has 196 valence electrons. The van der Waals surface area contributed by atoms with Crippen LogP contribution in [0.2, 0.25) is 0 Å². The van der Waals surface area contributed by atoms with Crippen LogP contribution in [0.25, 0.3) is 22.1 Å². The number of ether oxygens (including phenoxy) is 5. The van der Waals surface area contributed by atoms with Gasteiger partial charge in [0, 0.05) is 17.5 Å². The Labute approximate surface area is 216 Å². The molecule has 0 fully saturated rings. The summed E-state index contributed by atoms with van der Waals surface area (Å²) < 4.78 is 32.6. The van der Waals surface area contributed by atoms with Gasteiger partial charge in [-0.25, -0.2) is 0 Å². The lowest BCUT2D eigenvalue weighted by Crippen LogP contribution is -2.22. The summed E-state index contributed by atoms with van der Waals surface area (Å²) in [7, 11) is 5.77. The number of hydrogen-bond donors (Lipinski definition) is 2. The van der Waals surface area contributed by atoms with Gasteiger partial charge in [-0.3, -0.25) is 9.59 Å². The number of esters is 1. The maximum Gasteiger partial charge on any atom is 0.312 e. The average molecular weight is 520 g/mol. The third-order valence-electron chi connectivity index (χ3n) is 6.57. The first-order valence-electron chi connectivity index (χ1n) is 11.5. The van der Waals surface area contributed by atoms with Gasteiger partial charge in [0.25, 0.3) is 0 Å². The van der Waals surface area contributed by atoms with Gasteiger partial charge in [0.2, 0.25) is 11.2 Å². The topological polar surface area (TPSA) is 134 Å². The lowest BCUT2D eigenvalue weighted by molar-refractivity contribution is -0.135. The van der Waals surface area contributed by atoms with Crippen molar-refractivity contribution in [1.82, 2.24) is 0 Å². The largest absolute Gasteiger partial charge is 0.507 e. The van der Waals surface area contributed by atoms with Crippen LogP contribution < -0.4 is 29.1 Å². The van der Waals surface area contributed by atoms with Crippen molar-refractivity contribution >= 4 is 16.9 Å². The van der Waals surface area contributed by atoms with Crippen molar-refractivity contribution in [3.63, 3.8) is 0 Å². The van der Waals surface area contributed by atoms with E-state index < -0.39 is 23.1 Å². The fourth-order valence-electron chi connectivity index (χ4n) is 4.73. The van der Waals surface area contributed by atoms with E-state index in [2.05, 4.69) is 0 Å². The molecule has 1 aromatic heterocycles. The van der Waals surface area contributed by atoms with Crippen LogP contribution >= 0.6 is 0 Å². The number of fused-ring (bicyclic) bond motifs is 3. The van der Waals surface area contributed by atoms with Crippen LogP contribution in [0.5, 0.6) is 40.2 Å². The Morgan fingerprint density at radius 1 is 0.842 bits per heavy atom. The highest BCUT2D eigenvalue weighted by atomic mass is 16.5. The summed E-state index contributed by atoms with van der Waals surface area (Å²) in [4.78, 5) is 26.2. The van der Waals surface area contributed by atoms with E-state index in [1.54, 1.807) is 30.3 Å². The normalized spacial score (nSPS) is 14.5. The van der Waals surface area contributed by atoms with Crippen molar-refractivity contribution in [2.75, 3.05) is 28.4 Å². The zero-order valence-electron chi connectivity index (χ0n) is 21.0. The van der Waals surface area contributed by atoms with Crippen molar-refractivity contribution in [3.8, 4) is 51.4 Å². The van der Waals surface area contributed by atoms with Gasteiger partial charge in [-0.2, -0.15) is 0 Å². The zero-order chi connectivity index (χ0) is 27.1. The van der Waals surface area contributed by atoms with Crippen LogP contribution in [-0.4, -0.2) is 44.6 Å². The van der Waals surface area contributed by atoms with E-state index in [9.17, 15) is 19.8 Å². The molecule has 0 bridgehead atoms. The summed E-state index contributed by atoms with van der Waals surface area (Å²) in [6.07, 6.45) is 1.20. The lowest BCUT2D eigenvalue weighted by Gasteiger charge is -2.26. The van der Waals surface area contributed by atoms with Crippen LogP contribution in [0.4, 0.5) is 0 Å². The van der Waals surface area contributed by atoms with Gasteiger partial charge in [0.15, 0.2) is 23.0 Å². The molecule has 0 radical (unpaired) electrons. The van der Waals surface area contributed by atoms with E-state index in [0.717, 1.165) is 0 Å². The van der Waals surface area contributed by atoms with Crippen molar-refractivity contribution in [3.05, 3.63) is 64.0 Å². The first-order chi connectivity index (χ1) is 18.3. The minimum absolute atomic E-state index is 0.0595. The van der Waals surface area contributed by atoms with Crippen molar-refractivity contribution in [2.45, 2.75) is 12.3 Å². The molecule has 10 heteroatoms. The van der Waals surface area contributed by atoms with Gasteiger partial charge in [0.1, 0.15) is 28.7 Å². The minimum atomic E-state index is -0.659. The summed E-state index contributed by atoms with van der Waals surface area (Å²) in [5.74, 6) is -0.554. The minimum Gasteiger partial charge on any atom is -0.507 e. The van der Waals surface area contributed by atoms with E-state index in [4.69, 9.17) is 28.1 Å². The molecule has 38 heavy (non-hydrogen) atoms. The van der Waals surface area contributed by atoms with Crippen molar-refractivity contribution in [2.24, 2.45) is 0 Å². The number of carbonyl (C=O) groups is 1. The fourth-order valence-corrected chi connectivity index (χ4v) is 4.73. The highest BCUT2D eigenvalue weighted by Gasteiger charge is 2.34. The Morgan fingerprint density at radius 3 is 2.13 bits per heavy atom. The predicted octanol–water partition coefficient (Wildman–Crippen LogP) is 4.35. The van der Waals surface area contributed by atoms with Crippen LogP contribution in [-0.2, 0) is 4.79 Å². The first-order valence-corrected chi connectivity index (χ1v) is 11.5. The second-order valence-electron chi connectivity index (χ2n) is 8.56. The molecule has 1 atom stereocenters. The monoisotopic (exact) mass is 520 g/mol. The molecule has 0 spiro atoms. The van der Waals surface area contributed by atoms with Crippen LogP contribution in [0.1, 0.15) is 23.5 Å². The molecule has 3 aromatic carbocycles. The lowest BCUT2D eigenvalue weighted by atomic mass is 9.84. The fraction of sp³-hybridized carbons (Fsp3) is 0.214. The highest BCUT2D eigenvalue weighted by molar-refractivity contribution is 5.94. The summed E-state index contributed by atoms with van der Waals surface area (Å²) in [5.41, 5.74) is 1.20. The average Bonchev–Trinajstić information content (AvgIpc) is 2.92. The van der Waals surface area contributed by atoms with Gasteiger partial charge >= 0.3 is 5.97 Å². The van der Waals surface area contributed by atoms with Crippen molar-refractivity contribution < 1.29 is 43.1 Å². The van der Waals surface area contributed by atoms with Crippen LogP contribution in [0.3, 0.4) is 0 Å². The Kier molecular flexibility index (Phi) is 6.23. The Hall–Kier alpha value is -4.86. The number of carbonyl (C=O) groups excluding carboxylic acids is 1. The maximum absolute atomic E-state index is 13.7. The molecular weight excluding hydrogens is 496 g/mol. The quantitative estimate of drug-likeness (QED) is 0.279. The van der Waals surface area contributed by atoms with Crippen molar-refractivity contribution in [1.29, 1.82) is 0 Å². The highest BCUT2D eigenvalue weighted by Crippen LogP contribution is 2.48. The third kappa shape index (κ3) is 3.90. The number of methoxy groups -OCH3 is 4. The standard InChI is InChI=1S/C28H24O10/c1-33-18-6-5-13(7-19(18)34-2)16-12-37-28-24-15(14-8-21(35-3)27(32)22(9-14)36-4)10-23(30)38-20(24)11-17(29)25(28)26(16)31/h5-9,11-12,15,29,32H,10H2,1-4H3. The van der Waals surface area contributed by atoms with Gasteiger partial charge in [0.05, 0.1) is 40.4 Å². The number of hydrogen-bond acceptors (Lipinski definition) is 10. The Bertz CT molecular complexity index is 1610. The van der Waals surface area contributed by atoms with E-state index in [1.165, 1.54) is 40.8 Å². The summed E-state index contributed by atoms with van der Waals surface area (Å²) in [5, 5.41) is 21.1. The van der Waals surface area contributed by atoms with Gasteiger partial charge in [-0.1, -0.05) is 6.07 Å². The second-order valence-corrected chi connectivity index (χ2v) is 8.56. The summed E-state index contributed by atoms with van der Waals surface area (Å²) >= 11 is 0. The first kappa shape index (κ1) is 24.8. The predicted molar refractivity (Wildman–Crippen MR) is 136 cm³/mol. The molecule has 2 N–H and O–H groups in total. The van der Waals surface area contributed by atoms with E-state index in [-0.39, 0.29) is 46.0 Å². The molecule has 1 unspecified atom stereocenters. The van der Waals surface area contributed by atoms with Crippen LogP contribution in [0, 0.1) is 0 Å². The number of aromatic hydroxyl groups is 2. The molecule has 0 amide bonds. The smallest absolute Gasteiger partial charge is 0.312 e. The van der Waals surface area contributed by atoms with Gasteiger partial charge in [-0.05, 0) is 35.4 Å². The molecule has 0 saturated heterocycles. The molecule has 0 aliphatic carbocycles. The van der Waals surface area contributed by atoms with Crippen LogP contribution in [0.15, 0.2) is 51.9 Å². The second kappa shape index (κ2) is 9.55. The Morgan fingerprint density at radius 2 is 1.50 bits per heavy atom. The van der Waals surface area contributed by atoms with E-state index in [0.29, 0.717) is 28.2 Å². The molecule has 2 heterocycles. The zero-order valence-corrected chi connectivity index (χ0v) is 21.0. The molecule has 1 aliphatic rings. The molecule has 0 saturated carbocycles. The molecule has 5 rings (SSSR count). The number of rotatable bonds is 6. The summed E-state index contributed by atoms with van der Waals surface area (Å²) in [6, 6.07) is 9.33. The van der Waals surface area contributed by atoms with Gasteiger partial charge in [-0.15, -0.1) is 0 Å². The third-order valence-corrected chi connectivity index (χ3v) is 6.57. The number of phenolic OH excluding ortho intramolecular Hbond substituents is 2. The van der Waals surface area contributed by atoms with E-state index in [1.807, 2.05) is 0 Å². The number of benzene rings is 3. The molecule has 10 nitrogen and oxygen atoms in total. The SMILES string of the molecule is COc1ccc(-c2coc3c4c(cc(O)c3c2=O)OC(=O)CC4c2cc(OC)c(O)c(OC)c2)cc1OC. The summed E-state index contributed by atoms with van der Waals surface area (Å²) in [6.45, 7) is 0. The molecule has 1 aliphatic heterocycles. The Balaban J connectivity index is 1.75. The molecule has 4 aromatic rings. The van der Waals surface area contributed by atoms with E-state index >= 15 is 0 Å².